The molecule has 1 N–H and O–H groups in total. The zero-order chi connectivity index (χ0) is 19.8. The Bertz CT molecular complexity index is 1090. The number of rotatable bonds is 4. The summed E-state index contributed by atoms with van der Waals surface area (Å²) in [6.45, 7) is 4.19. The van der Waals surface area contributed by atoms with Crippen LogP contribution in [0.4, 0.5) is 4.39 Å². The molecule has 1 aliphatic heterocycles. The lowest BCUT2D eigenvalue weighted by molar-refractivity contribution is -0.126. The SMILES string of the molecule is CC(C)C1C(O)=C(c2ccc3ccccc3c2)C(=O)N1Cc1cccc(F)c1. The van der Waals surface area contributed by atoms with Crippen molar-refractivity contribution in [1.82, 2.24) is 4.90 Å². The smallest absolute Gasteiger partial charge is 0.258 e. The number of carbonyl (C=O) groups is 1. The highest BCUT2D eigenvalue weighted by molar-refractivity contribution is 6.23. The predicted octanol–water partition coefficient (Wildman–Crippen LogP) is 5.32. The fourth-order valence-electron chi connectivity index (χ4n) is 3.97. The molecule has 4 heteroatoms. The molecule has 0 spiro atoms. The fourth-order valence-corrected chi connectivity index (χ4v) is 3.97. The van der Waals surface area contributed by atoms with Crippen molar-refractivity contribution in [1.29, 1.82) is 0 Å². The van der Waals surface area contributed by atoms with Crippen molar-refractivity contribution < 1.29 is 14.3 Å². The van der Waals surface area contributed by atoms with E-state index in [0.29, 0.717) is 16.7 Å². The fraction of sp³-hybridized carbons (Fsp3) is 0.208. The molecule has 0 aliphatic carbocycles. The summed E-state index contributed by atoms with van der Waals surface area (Å²) in [5, 5.41) is 13.1. The second-order valence-corrected chi connectivity index (χ2v) is 7.57. The highest BCUT2D eigenvalue weighted by Crippen LogP contribution is 2.36. The Morgan fingerprint density at radius 2 is 1.75 bits per heavy atom. The minimum atomic E-state index is -0.433. The molecule has 1 heterocycles. The molecule has 142 valence electrons. The number of halogens is 1. The van der Waals surface area contributed by atoms with E-state index in [2.05, 4.69) is 0 Å². The molecule has 4 rings (SSSR count). The largest absolute Gasteiger partial charge is 0.509 e. The normalized spacial score (nSPS) is 17.2. The van der Waals surface area contributed by atoms with Gasteiger partial charge in [-0.1, -0.05) is 62.4 Å². The summed E-state index contributed by atoms with van der Waals surface area (Å²) in [5.41, 5.74) is 1.74. The first-order valence-electron chi connectivity index (χ1n) is 9.43. The van der Waals surface area contributed by atoms with Crippen LogP contribution in [0.15, 0.2) is 72.5 Å². The second-order valence-electron chi connectivity index (χ2n) is 7.57. The third-order valence-corrected chi connectivity index (χ3v) is 5.26. The van der Waals surface area contributed by atoms with Gasteiger partial charge in [0.2, 0.25) is 0 Å². The van der Waals surface area contributed by atoms with Crippen LogP contribution >= 0.6 is 0 Å². The van der Waals surface area contributed by atoms with E-state index in [-0.39, 0.29) is 29.9 Å². The summed E-state index contributed by atoms with van der Waals surface area (Å²) < 4.78 is 13.6. The van der Waals surface area contributed by atoms with Crippen molar-refractivity contribution >= 4 is 22.3 Å². The van der Waals surface area contributed by atoms with Crippen LogP contribution in [0.5, 0.6) is 0 Å². The van der Waals surface area contributed by atoms with Crippen LogP contribution in [-0.2, 0) is 11.3 Å². The molecule has 3 aromatic carbocycles. The van der Waals surface area contributed by atoms with Crippen LogP contribution < -0.4 is 0 Å². The van der Waals surface area contributed by atoms with Gasteiger partial charge in [-0.3, -0.25) is 4.79 Å². The molecule has 1 amide bonds. The molecule has 0 saturated carbocycles. The molecule has 3 nitrogen and oxygen atoms in total. The van der Waals surface area contributed by atoms with Crippen LogP contribution in [0, 0.1) is 11.7 Å². The Hall–Kier alpha value is -3.14. The molecule has 3 aromatic rings. The van der Waals surface area contributed by atoms with Gasteiger partial charge in [0, 0.05) is 6.54 Å². The lowest BCUT2D eigenvalue weighted by Crippen LogP contribution is -2.38. The summed E-state index contributed by atoms with van der Waals surface area (Å²) >= 11 is 0. The molecular weight excluding hydrogens is 353 g/mol. The van der Waals surface area contributed by atoms with Crippen LogP contribution in [0.3, 0.4) is 0 Å². The lowest BCUT2D eigenvalue weighted by atomic mass is 9.98. The average molecular weight is 375 g/mol. The maximum Gasteiger partial charge on any atom is 0.258 e. The number of carbonyl (C=O) groups excluding carboxylic acids is 1. The van der Waals surface area contributed by atoms with Crippen molar-refractivity contribution in [2.75, 3.05) is 0 Å². The van der Waals surface area contributed by atoms with E-state index in [9.17, 15) is 14.3 Å². The first kappa shape index (κ1) is 18.2. The first-order valence-corrected chi connectivity index (χ1v) is 9.43. The van der Waals surface area contributed by atoms with E-state index >= 15 is 0 Å². The Morgan fingerprint density at radius 1 is 1.00 bits per heavy atom. The van der Waals surface area contributed by atoms with Crippen LogP contribution in [-0.4, -0.2) is 22.0 Å². The number of fused-ring (bicyclic) bond motifs is 1. The van der Waals surface area contributed by atoms with Crippen molar-refractivity contribution in [3.05, 3.63) is 89.4 Å². The molecule has 1 aliphatic rings. The molecule has 1 atom stereocenters. The van der Waals surface area contributed by atoms with Gasteiger partial charge in [0.15, 0.2) is 0 Å². The topological polar surface area (TPSA) is 40.5 Å². The summed E-state index contributed by atoms with van der Waals surface area (Å²) in [6.07, 6.45) is 0. The molecule has 0 fully saturated rings. The number of aliphatic hydroxyl groups excluding tert-OH is 1. The number of nitrogens with zero attached hydrogens (tertiary/aromatic N) is 1. The maximum atomic E-state index is 13.6. The van der Waals surface area contributed by atoms with E-state index in [0.717, 1.165) is 10.8 Å². The maximum absolute atomic E-state index is 13.6. The summed E-state index contributed by atoms with van der Waals surface area (Å²) in [7, 11) is 0. The predicted molar refractivity (Wildman–Crippen MR) is 109 cm³/mol. The van der Waals surface area contributed by atoms with E-state index in [1.165, 1.54) is 12.1 Å². The van der Waals surface area contributed by atoms with Crippen molar-refractivity contribution in [2.24, 2.45) is 5.92 Å². The number of benzene rings is 3. The number of hydrogen-bond acceptors (Lipinski definition) is 2. The molecule has 0 bridgehead atoms. The van der Waals surface area contributed by atoms with Gasteiger partial charge in [-0.15, -0.1) is 0 Å². The first-order chi connectivity index (χ1) is 13.5. The highest BCUT2D eigenvalue weighted by Gasteiger charge is 2.41. The van der Waals surface area contributed by atoms with Crippen LogP contribution in [0.2, 0.25) is 0 Å². The average Bonchev–Trinajstić information content (AvgIpc) is 2.91. The summed E-state index contributed by atoms with van der Waals surface area (Å²) in [6, 6.07) is 19.5. The quantitative estimate of drug-likeness (QED) is 0.671. The zero-order valence-corrected chi connectivity index (χ0v) is 15.9. The van der Waals surface area contributed by atoms with Gasteiger partial charge in [0.25, 0.3) is 5.91 Å². The molecule has 0 radical (unpaired) electrons. The van der Waals surface area contributed by atoms with Gasteiger partial charge in [-0.25, -0.2) is 4.39 Å². The molecule has 0 aromatic heterocycles. The molecule has 1 unspecified atom stereocenters. The van der Waals surface area contributed by atoms with Crippen molar-refractivity contribution in [3.63, 3.8) is 0 Å². The monoisotopic (exact) mass is 375 g/mol. The van der Waals surface area contributed by atoms with E-state index in [4.69, 9.17) is 0 Å². The van der Waals surface area contributed by atoms with Crippen molar-refractivity contribution in [2.45, 2.75) is 26.4 Å². The van der Waals surface area contributed by atoms with Gasteiger partial charge in [0.05, 0.1) is 11.6 Å². The van der Waals surface area contributed by atoms with Gasteiger partial charge in [-0.05, 0) is 46.0 Å². The van der Waals surface area contributed by atoms with Gasteiger partial charge >= 0.3 is 0 Å². The highest BCUT2D eigenvalue weighted by atomic mass is 19.1. The van der Waals surface area contributed by atoms with Gasteiger partial charge in [-0.2, -0.15) is 0 Å². The number of amides is 1. The lowest BCUT2D eigenvalue weighted by Gasteiger charge is -2.28. The minimum absolute atomic E-state index is 0.0236. The standard InChI is InChI=1S/C24H22FNO2/c1-15(2)22-23(27)21(19-11-10-17-7-3-4-8-18(17)13-19)24(28)26(22)14-16-6-5-9-20(25)12-16/h3-13,15,22,27H,14H2,1-2H3. The number of aliphatic hydroxyl groups is 1. The van der Waals surface area contributed by atoms with Crippen molar-refractivity contribution in [3.8, 4) is 0 Å². The van der Waals surface area contributed by atoms with E-state index < -0.39 is 6.04 Å². The van der Waals surface area contributed by atoms with Gasteiger partial charge < -0.3 is 10.0 Å². The van der Waals surface area contributed by atoms with E-state index in [1.54, 1.807) is 17.0 Å². The van der Waals surface area contributed by atoms with Crippen LogP contribution in [0.1, 0.15) is 25.0 Å². The Balaban J connectivity index is 1.75. The molecular formula is C24H22FNO2. The summed E-state index contributed by atoms with van der Waals surface area (Å²) in [4.78, 5) is 14.9. The van der Waals surface area contributed by atoms with Crippen LogP contribution in [0.25, 0.3) is 16.3 Å². The third kappa shape index (κ3) is 3.15. The Morgan fingerprint density at radius 3 is 2.46 bits per heavy atom. The Labute approximate surface area is 163 Å². The second kappa shape index (κ2) is 7.12. The number of hydrogen-bond donors (Lipinski definition) is 1. The summed E-state index contributed by atoms with van der Waals surface area (Å²) in [5.74, 6) is -0.449. The van der Waals surface area contributed by atoms with Gasteiger partial charge in [0.1, 0.15) is 11.6 Å². The minimum Gasteiger partial charge on any atom is -0.509 e. The third-order valence-electron chi connectivity index (χ3n) is 5.26. The Kier molecular flexibility index (Phi) is 4.63. The molecule has 28 heavy (non-hydrogen) atoms. The van der Waals surface area contributed by atoms with E-state index in [1.807, 2.05) is 56.3 Å². The zero-order valence-electron chi connectivity index (χ0n) is 15.9. The molecule has 0 saturated heterocycles.